The molecule has 3 rings (SSSR count). The van der Waals surface area contributed by atoms with Crippen molar-refractivity contribution in [2.45, 2.75) is 12.6 Å². The molecule has 2 aromatic heterocycles. The van der Waals surface area contributed by atoms with Crippen LogP contribution in [0.5, 0.6) is 0 Å². The van der Waals surface area contributed by atoms with Crippen molar-refractivity contribution in [1.82, 2.24) is 15.5 Å². The first-order chi connectivity index (χ1) is 9.93. The van der Waals surface area contributed by atoms with Gasteiger partial charge in [0.15, 0.2) is 0 Å². The van der Waals surface area contributed by atoms with Crippen molar-refractivity contribution in [2.75, 3.05) is 0 Å². The minimum Gasteiger partial charge on any atom is -0.364 e. The third-order valence-corrected chi connectivity index (χ3v) is 3.09. The Hall–Kier alpha value is -2.46. The number of pyridine rings is 1. The number of benzene rings is 1. The van der Waals surface area contributed by atoms with Crippen LogP contribution in [0.15, 0.2) is 71.6 Å². The fourth-order valence-corrected chi connectivity index (χ4v) is 2.12. The van der Waals surface area contributed by atoms with E-state index in [1.165, 1.54) is 5.56 Å². The molecule has 1 N–H and O–H groups in total. The summed E-state index contributed by atoms with van der Waals surface area (Å²) < 4.78 is 4.85. The normalized spacial score (nSPS) is 12.2. The fraction of sp³-hybridized carbons (Fsp3) is 0.125. The van der Waals surface area contributed by atoms with Gasteiger partial charge in [0.1, 0.15) is 6.26 Å². The van der Waals surface area contributed by atoms with Gasteiger partial charge in [-0.05, 0) is 17.7 Å². The molecule has 0 aliphatic rings. The lowest BCUT2D eigenvalue weighted by Gasteiger charge is -2.18. The van der Waals surface area contributed by atoms with E-state index in [0.717, 1.165) is 11.4 Å². The summed E-state index contributed by atoms with van der Waals surface area (Å²) in [7, 11) is 0. The third-order valence-electron chi connectivity index (χ3n) is 3.09. The summed E-state index contributed by atoms with van der Waals surface area (Å²) in [4.78, 5) is 4.45. The largest absolute Gasteiger partial charge is 0.364 e. The molecule has 1 unspecified atom stereocenters. The Balaban J connectivity index is 1.84. The highest BCUT2D eigenvalue weighted by atomic mass is 16.5. The first kappa shape index (κ1) is 12.6. The number of nitrogens with one attached hydrogen (secondary N) is 1. The molecule has 0 bridgehead atoms. The van der Waals surface area contributed by atoms with Crippen LogP contribution in [0.25, 0.3) is 0 Å². The Morgan fingerprint density at radius 1 is 1.00 bits per heavy atom. The van der Waals surface area contributed by atoms with Crippen LogP contribution in [0.3, 0.4) is 0 Å². The maximum absolute atomic E-state index is 4.85. The molecule has 4 nitrogen and oxygen atoms in total. The predicted molar refractivity (Wildman–Crippen MR) is 75.9 cm³/mol. The number of hydrogen-bond acceptors (Lipinski definition) is 4. The molecular formula is C16H15N3O. The van der Waals surface area contributed by atoms with Gasteiger partial charge in [0.2, 0.25) is 0 Å². The van der Waals surface area contributed by atoms with Crippen molar-refractivity contribution in [2.24, 2.45) is 0 Å². The van der Waals surface area contributed by atoms with E-state index in [1.807, 2.05) is 48.7 Å². The summed E-state index contributed by atoms with van der Waals surface area (Å²) in [6.07, 6.45) is 3.39. The molecule has 0 aliphatic heterocycles. The molecule has 0 aliphatic carbocycles. The second kappa shape index (κ2) is 6.12. The van der Waals surface area contributed by atoms with Crippen molar-refractivity contribution in [1.29, 1.82) is 0 Å². The summed E-state index contributed by atoms with van der Waals surface area (Å²) >= 11 is 0. The minimum atomic E-state index is 0.0362. The average molecular weight is 265 g/mol. The Morgan fingerprint density at radius 3 is 2.55 bits per heavy atom. The monoisotopic (exact) mass is 265 g/mol. The maximum atomic E-state index is 4.85. The lowest BCUT2D eigenvalue weighted by atomic mass is 10.0. The van der Waals surface area contributed by atoms with Crippen molar-refractivity contribution in [3.05, 3.63) is 84.0 Å². The van der Waals surface area contributed by atoms with Crippen LogP contribution in [0, 0.1) is 0 Å². The molecule has 4 heteroatoms. The van der Waals surface area contributed by atoms with Crippen LogP contribution in [-0.2, 0) is 6.54 Å². The van der Waals surface area contributed by atoms with Crippen molar-refractivity contribution < 1.29 is 4.52 Å². The fourth-order valence-electron chi connectivity index (χ4n) is 2.12. The summed E-state index contributed by atoms with van der Waals surface area (Å²) in [6, 6.07) is 18.1. The number of aromatic nitrogens is 2. The molecule has 20 heavy (non-hydrogen) atoms. The van der Waals surface area contributed by atoms with E-state index in [2.05, 4.69) is 27.6 Å². The van der Waals surface area contributed by atoms with Crippen LogP contribution in [-0.4, -0.2) is 10.1 Å². The van der Waals surface area contributed by atoms with Gasteiger partial charge in [-0.25, -0.2) is 0 Å². The van der Waals surface area contributed by atoms with Gasteiger partial charge in [0.25, 0.3) is 0 Å². The minimum absolute atomic E-state index is 0.0362. The summed E-state index contributed by atoms with van der Waals surface area (Å²) in [5.74, 6) is 0. The van der Waals surface area contributed by atoms with Gasteiger partial charge in [0.05, 0.1) is 17.4 Å². The molecule has 0 saturated carbocycles. The van der Waals surface area contributed by atoms with E-state index < -0.39 is 0 Å². The Bertz CT molecular complexity index is 584. The Kier molecular flexibility index (Phi) is 3.85. The first-order valence-corrected chi connectivity index (χ1v) is 6.52. The van der Waals surface area contributed by atoms with Crippen molar-refractivity contribution in [3.63, 3.8) is 0 Å². The molecule has 1 atom stereocenters. The van der Waals surface area contributed by atoms with E-state index >= 15 is 0 Å². The molecule has 2 heterocycles. The SMILES string of the molecule is c1ccc(C(NCc2ccon2)c2ccccn2)cc1. The summed E-state index contributed by atoms with van der Waals surface area (Å²) in [6.45, 7) is 0.632. The number of nitrogens with zero attached hydrogens (tertiary/aromatic N) is 2. The van der Waals surface area contributed by atoms with Crippen LogP contribution in [0.4, 0.5) is 0 Å². The molecule has 0 fully saturated rings. The van der Waals surface area contributed by atoms with E-state index in [1.54, 1.807) is 6.26 Å². The average Bonchev–Trinajstić information content (AvgIpc) is 3.03. The van der Waals surface area contributed by atoms with E-state index in [9.17, 15) is 0 Å². The maximum Gasteiger partial charge on any atom is 0.124 e. The highest BCUT2D eigenvalue weighted by molar-refractivity contribution is 5.27. The molecule has 100 valence electrons. The second-order valence-electron chi connectivity index (χ2n) is 4.47. The van der Waals surface area contributed by atoms with Crippen LogP contribution >= 0.6 is 0 Å². The molecule has 0 saturated heterocycles. The highest BCUT2D eigenvalue weighted by Gasteiger charge is 2.14. The number of rotatable bonds is 5. The van der Waals surface area contributed by atoms with E-state index in [-0.39, 0.29) is 6.04 Å². The molecule has 0 amide bonds. The third kappa shape index (κ3) is 2.92. The van der Waals surface area contributed by atoms with Crippen LogP contribution in [0.2, 0.25) is 0 Å². The standard InChI is InChI=1S/C16H15N3O/c1-2-6-13(7-3-1)16(15-8-4-5-10-17-15)18-12-14-9-11-20-19-14/h1-11,16,18H,12H2. The quantitative estimate of drug-likeness (QED) is 0.770. The Labute approximate surface area is 117 Å². The topological polar surface area (TPSA) is 51.0 Å². The van der Waals surface area contributed by atoms with Gasteiger partial charge in [-0.2, -0.15) is 0 Å². The van der Waals surface area contributed by atoms with Crippen LogP contribution in [0.1, 0.15) is 23.0 Å². The van der Waals surface area contributed by atoms with Gasteiger partial charge in [-0.3, -0.25) is 10.3 Å². The lowest BCUT2D eigenvalue weighted by Crippen LogP contribution is -2.23. The van der Waals surface area contributed by atoms with Crippen molar-refractivity contribution >= 4 is 0 Å². The number of hydrogen-bond donors (Lipinski definition) is 1. The zero-order valence-electron chi connectivity index (χ0n) is 10.9. The molecule has 3 aromatic rings. The van der Waals surface area contributed by atoms with Gasteiger partial charge in [-0.1, -0.05) is 41.6 Å². The summed E-state index contributed by atoms with van der Waals surface area (Å²) in [5.41, 5.74) is 3.04. The molecule has 0 radical (unpaired) electrons. The van der Waals surface area contributed by atoms with Crippen molar-refractivity contribution in [3.8, 4) is 0 Å². The zero-order chi connectivity index (χ0) is 13.6. The lowest BCUT2D eigenvalue weighted by molar-refractivity contribution is 0.406. The van der Waals surface area contributed by atoms with Gasteiger partial charge in [0, 0.05) is 18.8 Å². The van der Waals surface area contributed by atoms with Gasteiger partial charge < -0.3 is 4.52 Å². The molecule has 0 spiro atoms. The van der Waals surface area contributed by atoms with Gasteiger partial charge >= 0.3 is 0 Å². The zero-order valence-corrected chi connectivity index (χ0v) is 10.9. The van der Waals surface area contributed by atoms with Gasteiger partial charge in [-0.15, -0.1) is 0 Å². The van der Waals surface area contributed by atoms with Crippen LogP contribution < -0.4 is 5.32 Å². The van der Waals surface area contributed by atoms with E-state index in [4.69, 9.17) is 4.52 Å². The molecular weight excluding hydrogens is 250 g/mol. The predicted octanol–water partition coefficient (Wildman–Crippen LogP) is 2.95. The highest BCUT2D eigenvalue weighted by Crippen LogP contribution is 2.20. The molecule has 1 aromatic carbocycles. The first-order valence-electron chi connectivity index (χ1n) is 6.52. The summed E-state index contributed by atoms with van der Waals surface area (Å²) in [5, 5.41) is 7.39. The Morgan fingerprint density at radius 2 is 1.85 bits per heavy atom. The smallest absolute Gasteiger partial charge is 0.124 e. The van der Waals surface area contributed by atoms with E-state index in [0.29, 0.717) is 6.54 Å². The second-order valence-corrected chi connectivity index (χ2v) is 4.47.